The third kappa shape index (κ3) is 3.31. The molecule has 0 unspecified atom stereocenters. The van der Waals surface area contributed by atoms with Gasteiger partial charge in [0.1, 0.15) is 5.75 Å². The first kappa shape index (κ1) is 16.5. The van der Waals surface area contributed by atoms with Gasteiger partial charge in [-0.2, -0.15) is 4.31 Å². The molecule has 5 heteroatoms. The van der Waals surface area contributed by atoms with Gasteiger partial charge in [0.15, 0.2) is 0 Å². The Morgan fingerprint density at radius 3 is 2.09 bits per heavy atom. The Labute approximate surface area is 132 Å². The highest BCUT2D eigenvalue weighted by atomic mass is 32.2. The van der Waals surface area contributed by atoms with Crippen LogP contribution in [0.2, 0.25) is 0 Å². The number of methoxy groups -OCH3 is 1. The zero-order valence-corrected chi connectivity index (χ0v) is 14.1. The number of aryl methyl sites for hydroxylation is 2. The van der Waals surface area contributed by atoms with E-state index in [1.165, 1.54) is 4.31 Å². The molecule has 0 saturated carbocycles. The zero-order chi connectivity index (χ0) is 16.3. The summed E-state index contributed by atoms with van der Waals surface area (Å²) in [6.07, 6.45) is 0. The van der Waals surface area contributed by atoms with Crippen molar-refractivity contribution in [3.63, 3.8) is 0 Å². The number of hydrogen-bond donors (Lipinski definition) is 0. The van der Waals surface area contributed by atoms with Crippen molar-refractivity contribution < 1.29 is 13.2 Å². The van der Waals surface area contributed by atoms with Gasteiger partial charge in [-0.3, -0.25) is 0 Å². The highest BCUT2D eigenvalue weighted by Crippen LogP contribution is 2.28. The molecule has 0 aliphatic rings. The molecule has 0 aromatic heterocycles. The Hall–Kier alpha value is -1.85. The molecule has 0 N–H and O–H groups in total. The number of rotatable bonds is 5. The first-order valence-electron chi connectivity index (χ1n) is 7.01. The van der Waals surface area contributed by atoms with Gasteiger partial charge in [-0.1, -0.05) is 30.3 Å². The third-order valence-electron chi connectivity index (χ3n) is 3.59. The molecule has 0 heterocycles. The fourth-order valence-corrected chi connectivity index (χ4v) is 4.08. The molecular formula is C17H21NO3S. The summed E-state index contributed by atoms with van der Waals surface area (Å²) in [4.78, 5) is 0.353. The minimum Gasteiger partial charge on any atom is -0.497 e. The van der Waals surface area contributed by atoms with Crippen molar-refractivity contribution in [1.82, 2.24) is 4.31 Å². The summed E-state index contributed by atoms with van der Waals surface area (Å²) in [5, 5.41) is 0. The van der Waals surface area contributed by atoms with Gasteiger partial charge in [0.25, 0.3) is 0 Å². The summed E-state index contributed by atoms with van der Waals surface area (Å²) in [5.41, 5.74) is 2.34. The van der Waals surface area contributed by atoms with E-state index in [9.17, 15) is 8.42 Å². The van der Waals surface area contributed by atoms with Gasteiger partial charge in [0.05, 0.1) is 12.0 Å². The first-order chi connectivity index (χ1) is 10.4. The van der Waals surface area contributed by atoms with Crippen LogP contribution in [0.4, 0.5) is 0 Å². The molecule has 0 atom stereocenters. The van der Waals surface area contributed by atoms with Crippen LogP contribution in [0.1, 0.15) is 16.7 Å². The van der Waals surface area contributed by atoms with Crippen LogP contribution in [0.15, 0.2) is 47.4 Å². The minimum absolute atomic E-state index is 0.341. The van der Waals surface area contributed by atoms with Crippen molar-refractivity contribution in [1.29, 1.82) is 0 Å². The van der Waals surface area contributed by atoms with E-state index >= 15 is 0 Å². The van der Waals surface area contributed by atoms with Gasteiger partial charge in [-0.05, 0) is 42.7 Å². The average molecular weight is 319 g/mol. The lowest BCUT2D eigenvalue weighted by molar-refractivity contribution is 0.413. The van der Waals surface area contributed by atoms with Crippen molar-refractivity contribution in [2.45, 2.75) is 25.3 Å². The van der Waals surface area contributed by atoms with Crippen LogP contribution in [0.25, 0.3) is 0 Å². The van der Waals surface area contributed by atoms with Crippen LogP contribution >= 0.6 is 0 Å². The Morgan fingerprint density at radius 2 is 1.59 bits per heavy atom. The molecule has 2 rings (SSSR count). The van der Waals surface area contributed by atoms with Crippen LogP contribution < -0.4 is 4.74 Å². The van der Waals surface area contributed by atoms with Crippen molar-refractivity contribution in [3.8, 4) is 5.75 Å². The molecule has 22 heavy (non-hydrogen) atoms. The largest absolute Gasteiger partial charge is 0.497 e. The van der Waals surface area contributed by atoms with Gasteiger partial charge >= 0.3 is 0 Å². The highest BCUT2D eigenvalue weighted by molar-refractivity contribution is 7.89. The summed E-state index contributed by atoms with van der Waals surface area (Å²) in [6, 6.07) is 13.0. The maximum atomic E-state index is 12.9. The second-order valence-corrected chi connectivity index (χ2v) is 7.32. The van der Waals surface area contributed by atoms with Gasteiger partial charge in [-0.25, -0.2) is 8.42 Å². The van der Waals surface area contributed by atoms with E-state index in [4.69, 9.17) is 4.74 Å². The van der Waals surface area contributed by atoms with Crippen molar-refractivity contribution >= 4 is 10.0 Å². The summed E-state index contributed by atoms with van der Waals surface area (Å²) in [5.74, 6) is 0.666. The number of sulfonamides is 1. The summed E-state index contributed by atoms with van der Waals surface area (Å²) in [6.45, 7) is 3.92. The van der Waals surface area contributed by atoms with Gasteiger partial charge < -0.3 is 4.74 Å². The van der Waals surface area contributed by atoms with E-state index in [0.29, 0.717) is 28.3 Å². The lowest BCUT2D eigenvalue weighted by Crippen LogP contribution is -2.27. The molecule has 0 spiro atoms. The topological polar surface area (TPSA) is 46.6 Å². The quantitative estimate of drug-likeness (QED) is 0.850. The Bertz CT molecular complexity index is 732. The van der Waals surface area contributed by atoms with E-state index in [1.807, 2.05) is 30.3 Å². The van der Waals surface area contributed by atoms with E-state index in [1.54, 1.807) is 40.1 Å². The molecular weight excluding hydrogens is 298 g/mol. The molecule has 0 saturated heterocycles. The number of nitrogens with zero attached hydrogens (tertiary/aromatic N) is 1. The average Bonchev–Trinajstić information content (AvgIpc) is 2.47. The lowest BCUT2D eigenvalue weighted by atomic mass is 10.1. The summed E-state index contributed by atoms with van der Waals surface area (Å²) >= 11 is 0. The first-order valence-corrected chi connectivity index (χ1v) is 8.45. The SMILES string of the molecule is COc1cc(C)c(S(=O)(=O)N(C)Cc2ccccc2)c(C)c1. The lowest BCUT2D eigenvalue weighted by Gasteiger charge is -2.20. The Kier molecular flexibility index (Phi) is 4.88. The van der Waals surface area contributed by atoms with Crippen LogP contribution in [0.5, 0.6) is 5.75 Å². The standard InChI is InChI=1S/C17H21NO3S/c1-13-10-16(21-4)11-14(2)17(13)22(19,20)18(3)12-15-8-6-5-7-9-15/h5-11H,12H2,1-4H3. The van der Waals surface area contributed by atoms with Crippen molar-refractivity contribution in [3.05, 3.63) is 59.2 Å². The van der Waals surface area contributed by atoms with Crippen molar-refractivity contribution in [2.24, 2.45) is 0 Å². The Morgan fingerprint density at radius 1 is 1.05 bits per heavy atom. The molecule has 0 aliphatic carbocycles. The second-order valence-electron chi connectivity index (χ2n) is 5.34. The number of benzene rings is 2. The van der Waals surface area contributed by atoms with Crippen LogP contribution in [0.3, 0.4) is 0 Å². The smallest absolute Gasteiger partial charge is 0.243 e. The fourth-order valence-electron chi connectivity index (χ4n) is 2.52. The van der Waals surface area contributed by atoms with Crippen LogP contribution in [-0.4, -0.2) is 26.9 Å². The van der Waals surface area contributed by atoms with E-state index < -0.39 is 10.0 Å². The third-order valence-corrected chi connectivity index (χ3v) is 5.70. The molecule has 0 fully saturated rings. The predicted molar refractivity (Wildman–Crippen MR) is 87.6 cm³/mol. The molecule has 4 nitrogen and oxygen atoms in total. The van der Waals surface area contributed by atoms with Gasteiger partial charge in [0, 0.05) is 13.6 Å². The summed E-state index contributed by atoms with van der Waals surface area (Å²) in [7, 11) is -0.370. The molecule has 118 valence electrons. The molecule has 2 aromatic rings. The van der Waals surface area contributed by atoms with E-state index in [0.717, 1.165) is 5.56 Å². The highest BCUT2D eigenvalue weighted by Gasteiger charge is 2.25. The molecule has 0 amide bonds. The zero-order valence-electron chi connectivity index (χ0n) is 13.3. The molecule has 0 bridgehead atoms. The molecule has 0 aliphatic heterocycles. The monoisotopic (exact) mass is 319 g/mol. The minimum atomic E-state index is -3.55. The maximum absolute atomic E-state index is 12.9. The van der Waals surface area contributed by atoms with E-state index in [-0.39, 0.29) is 0 Å². The second kappa shape index (κ2) is 6.50. The van der Waals surface area contributed by atoms with Crippen LogP contribution in [-0.2, 0) is 16.6 Å². The predicted octanol–water partition coefficient (Wildman–Crippen LogP) is 3.13. The fraction of sp³-hybridized carbons (Fsp3) is 0.294. The van der Waals surface area contributed by atoms with Gasteiger partial charge in [-0.15, -0.1) is 0 Å². The normalized spacial score (nSPS) is 11.7. The van der Waals surface area contributed by atoms with Gasteiger partial charge in [0.2, 0.25) is 10.0 Å². The molecule has 0 radical (unpaired) electrons. The van der Waals surface area contributed by atoms with Crippen molar-refractivity contribution in [2.75, 3.05) is 14.2 Å². The number of ether oxygens (including phenoxy) is 1. The Balaban J connectivity index is 2.38. The van der Waals surface area contributed by atoms with Crippen LogP contribution in [0, 0.1) is 13.8 Å². The van der Waals surface area contributed by atoms with E-state index in [2.05, 4.69) is 0 Å². The summed E-state index contributed by atoms with van der Waals surface area (Å²) < 4.78 is 32.3. The number of hydrogen-bond acceptors (Lipinski definition) is 3. The maximum Gasteiger partial charge on any atom is 0.243 e. The molecule has 2 aromatic carbocycles.